The number of primary amides is 1. The summed E-state index contributed by atoms with van der Waals surface area (Å²) in [5.41, 5.74) is 5.90. The van der Waals surface area contributed by atoms with E-state index in [-0.39, 0.29) is 29.3 Å². The van der Waals surface area contributed by atoms with Gasteiger partial charge in [-0.15, -0.1) is 0 Å². The Morgan fingerprint density at radius 3 is 2.39 bits per heavy atom. The average Bonchev–Trinajstić information content (AvgIpc) is 2.62. The van der Waals surface area contributed by atoms with Crippen molar-refractivity contribution in [3.05, 3.63) is 33.8 Å². The molecule has 1 heterocycles. The largest absolute Gasteiger partial charge is 0.369 e. The van der Waals surface area contributed by atoms with Gasteiger partial charge in [-0.1, -0.05) is 35.3 Å². The molecule has 5 fully saturated rings. The van der Waals surface area contributed by atoms with E-state index in [1.165, 1.54) is 0 Å². The minimum absolute atomic E-state index is 0.0849. The van der Waals surface area contributed by atoms with E-state index < -0.39 is 5.41 Å². The van der Waals surface area contributed by atoms with Gasteiger partial charge < -0.3 is 10.6 Å². The highest BCUT2D eigenvalue weighted by molar-refractivity contribution is 6.42. The summed E-state index contributed by atoms with van der Waals surface area (Å²) in [6.45, 7) is 3.99. The maximum absolute atomic E-state index is 13.3. The Kier molecular flexibility index (Phi) is 3.94. The molecule has 1 saturated heterocycles. The second-order valence-electron chi connectivity index (χ2n) is 10.1. The number of amides is 2. The number of rotatable bonds is 3. The molecule has 0 aromatic heterocycles. The fourth-order valence-corrected chi connectivity index (χ4v) is 7.59. The molecule has 5 aliphatic rings. The second-order valence-corrected chi connectivity index (χ2v) is 10.9. The van der Waals surface area contributed by atoms with E-state index in [0.29, 0.717) is 27.8 Å². The molecular weight excluding hydrogens is 395 g/mol. The number of nitrogens with two attached hydrogens (primary N) is 1. The van der Waals surface area contributed by atoms with Gasteiger partial charge in [-0.05, 0) is 75.3 Å². The zero-order chi connectivity index (χ0) is 20.0. The third kappa shape index (κ3) is 2.31. The van der Waals surface area contributed by atoms with E-state index in [4.69, 9.17) is 28.9 Å². The zero-order valence-electron chi connectivity index (χ0n) is 16.3. The lowest BCUT2D eigenvalue weighted by molar-refractivity contribution is -0.198. The van der Waals surface area contributed by atoms with Crippen LogP contribution in [0.4, 0.5) is 0 Å². The first-order valence-electron chi connectivity index (χ1n) is 10.2. The molecule has 1 aromatic carbocycles. The number of β-lactam (4-membered cyclic amide) rings is 1. The Morgan fingerprint density at radius 2 is 1.79 bits per heavy atom. The minimum Gasteiger partial charge on any atom is -0.369 e. The van der Waals surface area contributed by atoms with Gasteiger partial charge in [0.15, 0.2) is 0 Å². The zero-order valence-corrected chi connectivity index (χ0v) is 17.8. The minimum atomic E-state index is -0.510. The van der Waals surface area contributed by atoms with Crippen LogP contribution in [0.1, 0.15) is 57.6 Å². The molecule has 4 bridgehead atoms. The lowest BCUT2D eigenvalue weighted by atomic mass is 9.46. The van der Waals surface area contributed by atoms with Crippen LogP contribution in [0, 0.1) is 28.6 Å². The van der Waals surface area contributed by atoms with Gasteiger partial charge in [-0.25, -0.2) is 0 Å². The quantitative estimate of drug-likeness (QED) is 0.726. The Balaban J connectivity index is 1.53. The van der Waals surface area contributed by atoms with Crippen molar-refractivity contribution in [2.75, 3.05) is 0 Å². The smallest absolute Gasteiger partial charge is 0.231 e. The van der Waals surface area contributed by atoms with E-state index in [1.54, 1.807) is 6.07 Å². The van der Waals surface area contributed by atoms with Crippen LogP contribution in [0.2, 0.25) is 10.0 Å². The molecule has 6 heteroatoms. The van der Waals surface area contributed by atoms with Gasteiger partial charge in [0.1, 0.15) is 0 Å². The molecule has 1 aromatic rings. The molecule has 4 saturated carbocycles. The first kappa shape index (κ1) is 18.7. The summed E-state index contributed by atoms with van der Waals surface area (Å²) >= 11 is 12.9. The molecule has 150 valence electrons. The SMILES string of the molecule is CC1(C)C(=O)N([C@H]2C3CC4CC2C[C@](C(N)=O)(C4)C3)C1c1cccc(Cl)c1Cl. The highest BCUT2D eigenvalue weighted by Gasteiger charge is 2.65. The summed E-state index contributed by atoms with van der Waals surface area (Å²) in [5.74, 6) is 1.30. The maximum Gasteiger partial charge on any atom is 0.231 e. The van der Waals surface area contributed by atoms with Crippen LogP contribution in [0.15, 0.2) is 18.2 Å². The fourth-order valence-electron chi connectivity index (χ4n) is 7.18. The third-order valence-electron chi connectivity index (χ3n) is 8.09. The molecule has 4 aliphatic carbocycles. The van der Waals surface area contributed by atoms with Gasteiger partial charge in [-0.3, -0.25) is 9.59 Å². The molecular formula is C22H26Cl2N2O2. The number of halogens is 2. The van der Waals surface area contributed by atoms with Crippen molar-refractivity contribution in [1.82, 2.24) is 4.90 Å². The molecule has 1 aliphatic heterocycles. The number of nitrogens with zero attached hydrogens (tertiary/aromatic N) is 1. The summed E-state index contributed by atoms with van der Waals surface area (Å²) in [6, 6.07) is 5.76. The lowest BCUT2D eigenvalue weighted by Gasteiger charge is -2.66. The number of hydrogen-bond acceptors (Lipinski definition) is 2. The van der Waals surface area contributed by atoms with Crippen molar-refractivity contribution in [3.8, 4) is 0 Å². The molecule has 0 spiro atoms. The van der Waals surface area contributed by atoms with Crippen LogP contribution in [-0.4, -0.2) is 22.8 Å². The fraction of sp³-hybridized carbons (Fsp3) is 0.636. The van der Waals surface area contributed by atoms with E-state index >= 15 is 0 Å². The molecule has 0 radical (unpaired) electrons. The van der Waals surface area contributed by atoms with Gasteiger partial charge in [0.25, 0.3) is 0 Å². The average molecular weight is 421 g/mol. The molecule has 2 N–H and O–H groups in total. The summed E-state index contributed by atoms with van der Waals surface area (Å²) < 4.78 is 0. The van der Waals surface area contributed by atoms with Crippen LogP contribution in [0.25, 0.3) is 0 Å². The second kappa shape index (κ2) is 5.89. The number of carbonyl (C=O) groups excluding carboxylic acids is 2. The first-order chi connectivity index (χ1) is 13.2. The molecule has 2 amide bonds. The molecule has 3 atom stereocenters. The summed E-state index contributed by atoms with van der Waals surface area (Å²) in [5, 5.41) is 1.06. The summed E-state index contributed by atoms with van der Waals surface area (Å²) in [7, 11) is 0. The normalized spacial score (nSPS) is 40.5. The molecule has 6 rings (SSSR count). The van der Waals surface area contributed by atoms with Gasteiger partial charge in [-0.2, -0.15) is 0 Å². The van der Waals surface area contributed by atoms with Gasteiger partial charge in [0, 0.05) is 11.5 Å². The van der Waals surface area contributed by atoms with Crippen LogP contribution in [0.5, 0.6) is 0 Å². The number of benzene rings is 1. The van der Waals surface area contributed by atoms with Crippen molar-refractivity contribution in [2.24, 2.45) is 34.3 Å². The number of hydrogen-bond donors (Lipinski definition) is 1. The predicted octanol–water partition coefficient (Wildman–Crippen LogP) is 4.58. The van der Waals surface area contributed by atoms with Crippen LogP contribution in [0.3, 0.4) is 0 Å². The van der Waals surface area contributed by atoms with E-state index in [1.807, 2.05) is 26.0 Å². The Labute approximate surface area is 175 Å². The van der Waals surface area contributed by atoms with Gasteiger partial charge >= 0.3 is 0 Å². The van der Waals surface area contributed by atoms with Crippen LogP contribution >= 0.6 is 23.2 Å². The van der Waals surface area contributed by atoms with Crippen molar-refractivity contribution >= 4 is 35.0 Å². The Hall–Kier alpha value is -1.26. The molecule has 4 nitrogen and oxygen atoms in total. The number of carbonyl (C=O) groups is 2. The monoisotopic (exact) mass is 420 g/mol. The maximum atomic E-state index is 13.3. The topological polar surface area (TPSA) is 63.4 Å². The van der Waals surface area contributed by atoms with Crippen molar-refractivity contribution in [2.45, 2.75) is 58.0 Å². The van der Waals surface area contributed by atoms with E-state index in [2.05, 4.69) is 4.90 Å². The highest BCUT2D eigenvalue weighted by Crippen LogP contribution is 2.64. The van der Waals surface area contributed by atoms with Gasteiger partial charge in [0.05, 0.1) is 21.5 Å². The molecule has 3 unspecified atom stereocenters. The standard InChI is InChI=1S/C22H26Cl2N2O2/c1-21(2)18(14-4-3-5-15(23)16(14)24)26(20(21)28)17-12-6-11-7-13(17)10-22(8-11,9-12)19(25)27/h3-5,11-13,17-18H,6-10H2,1-2H3,(H2,25,27)/t11?,12?,13?,17-,18?,22-. The highest BCUT2D eigenvalue weighted by atomic mass is 35.5. The Morgan fingerprint density at radius 1 is 1.14 bits per heavy atom. The van der Waals surface area contributed by atoms with Crippen molar-refractivity contribution in [1.29, 1.82) is 0 Å². The van der Waals surface area contributed by atoms with Crippen LogP contribution < -0.4 is 5.73 Å². The Bertz CT molecular complexity index is 867. The summed E-state index contributed by atoms with van der Waals surface area (Å²) in [4.78, 5) is 27.6. The van der Waals surface area contributed by atoms with E-state index in [9.17, 15) is 9.59 Å². The van der Waals surface area contributed by atoms with E-state index in [0.717, 1.165) is 37.7 Å². The lowest BCUT2D eigenvalue weighted by Crippen LogP contribution is -2.71. The number of likely N-dealkylation sites (tertiary alicyclic amines) is 1. The van der Waals surface area contributed by atoms with Crippen molar-refractivity contribution < 1.29 is 9.59 Å². The predicted molar refractivity (Wildman–Crippen MR) is 109 cm³/mol. The molecule has 28 heavy (non-hydrogen) atoms. The van der Waals surface area contributed by atoms with Gasteiger partial charge in [0.2, 0.25) is 11.8 Å². The third-order valence-corrected chi connectivity index (χ3v) is 8.92. The first-order valence-corrected chi connectivity index (χ1v) is 11.0. The summed E-state index contributed by atoms with van der Waals surface area (Å²) in [6.07, 6.45) is 4.76. The van der Waals surface area contributed by atoms with Crippen molar-refractivity contribution in [3.63, 3.8) is 0 Å². The van der Waals surface area contributed by atoms with Crippen LogP contribution in [-0.2, 0) is 9.59 Å².